The average Bonchev–Trinajstić information content (AvgIpc) is 2.40. The molecule has 0 spiro atoms. The molecule has 0 rings (SSSR count). The Balaban J connectivity index is 4.44. The number of rotatable bonds is 9. The predicted molar refractivity (Wildman–Crippen MR) is 83.1 cm³/mol. The van der Waals surface area contributed by atoms with E-state index in [1.54, 1.807) is 7.05 Å². The Morgan fingerprint density at radius 1 is 1.05 bits per heavy atom. The Kier molecular flexibility index (Phi) is 9.84. The van der Waals surface area contributed by atoms with E-state index in [9.17, 15) is 9.59 Å². The standard InChI is InChI=1S/C16H31NO4/c1-7-10-21-16(19)17(6)14(13(4)5)15(18)20-11-8-9-12(2)3/h12-14H,7-11H2,1-6H3. The Hall–Kier alpha value is -1.26. The summed E-state index contributed by atoms with van der Waals surface area (Å²) in [6, 6.07) is -0.603. The summed E-state index contributed by atoms with van der Waals surface area (Å²) in [5.74, 6) is 0.211. The van der Waals surface area contributed by atoms with Crippen LogP contribution in [-0.4, -0.2) is 43.3 Å². The van der Waals surface area contributed by atoms with Crippen LogP contribution >= 0.6 is 0 Å². The fourth-order valence-electron chi connectivity index (χ4n) is 2.03. The van der Waals surface area contributed by atoms with Crippen molar-refractivity contribution in [3.63, 3.8) is 0 Å². The van der Waals surface area contributed by atoms with Crippen LogP contribution in [0, 0.1) is 11.8 Å². The lowest BCUT2D eigenvalue weighted by Crippen LogP contribution is -2.46. The van der Waals surface area contributed by atoms with E-state index >= 15 is 0 Å². The molecular weight excluding hydrogens is 270 g/mol. The van der Waals surface area contributed by atoms with Crippen LogP contribution in [0.5, 0.6) is 0 Å². The summed E-state index contributed by atoms with van der Waals surface area (Å²) in [7, 11) is 1.58. The summed E-state index contributed by atoms with van der Waals surface area (Å²) in [6.07, 6.45) is 2.15. The van der Waals surface area contributed by atoms with E-state index < -0.39 is 12.1 Å². The molecule has 5 nitrogen and oxygen atoms in total. The second kappa shape index (κ2) is 10.5. The average molecular weight is 301 g/mol. The third-order valence-electron chi connectivity index (χ3n) is 3.18. The minimum Gasteiger partial charge on any atom is -0.464 e. The molecule has 0 fully saturated rings. The van der Waals surface area contributed by atoms with E-state index in [1.165, 1.54) is 4.90 Å². The molecule has 0 radical (unpaired) electrons. The van der Waals surface area contributed by atoms with Gasteiger partial charge >= 0.3 is 12.1 Å². The summed E-state index contributed by atoms with van der Waals surface area (Å²) in [6.45, 7) is 10.7. The normalized spacial score (nSPS) is 12.4. The van der Waals surface area contributed by atoms with Gasteiger partial charge in [0.25, 0.3) is 0 Å². The lowest BCUT2D eigenvalue weighted by Gasteiger charge is -2.28. The van der Waals surface area contributed by atoms with Gasteiger partial charge in [-0.2, -0.15) is 0 Å². The molecule has 1 amide bonds. The topological polar surface area (TPSA) is 55.8 Å². The molecule has 0 heterocycles. The molecule has 0 saturated carbocycles. The molecule has 0 aromatic carbocycles. The maximum atomic E-state index is 12.2. The lowest BCUT2D eigenvalue weighted by atomic mass is 10.0. The minimum atomic E-state index is -0.603. The van der Waals surface area contributed by atoms with Crippen molar-refractivity contribution in [2.75, 3.05) is 20.3 Å². The van der Waals surface area contributed by atoms with Crippen molar-refractivity contribution in [1.29, 1.82) is 0 Å². The summed E-state index contributed by atoms with van der Waals surface area (Å²) >= 11 is 0. The van der Waals surface area contributed by atoms with Gasteiger partial charge < -0.3 is 9.47 Å². The zero-order chi connectivity index (χ0) is 16.4. The van der Waals surface area contributed by atoms with Crippen LogP contribution < -0.4 is 0 Å². The second-order valence-electron chi connectivity index (χ2n) is 6.12. The smallest absolute Gasteiger partial charge is 0.410 e. The van der Waals surface area contributed by atoms with Gasteiger partial charge in [-0.1, -0.05) is 34.6 Å². The first-order valence-corrected chi connectivity index (χ1v) is 7.87. The summed E-state index contributed by atoms with van der Waals surface area (Å²) in [5.41, 5.74) is 0. The van der Waals surface area contributed by atoms with Gasteiger partial charge in [0.1, 0.15) is 6.04 Å². The first-order valence-electron chi connectivity index (χ1n) is 7.87. The van der Waals surface area contributed by atoms with Gasteiger partial charge in [-0.25, -0.2) is 9.59 Å². The highest BCUT2D eigenvalue weighted by Crippen LogP contribution is 2.13. The molecule has 5 heteroatoms. The highest BCUT2D eigenvalue weighted by atomic mass is 16.6. The number of hydrogen-bond acceptors (Lipinski definition) is 4. The first kappa shape index (κ1) is 19.7. The van der Waals surface area contributed by atoms with E-state index in [4.69, 9.17) is 9.47 Å². The van der Waals surface area contributed by atoms with Crippen molar-refractivity contribution in [2.24, 2.45) is 11.8 Å². The highest BCUT2D eigenvalue weighted by molar-refractivity contribution is 5.81. The van der Waals surface area contributed by atoms with Crippen LogP contribution in [0.25, 0.3) is 0 Å². The lowest BCUT2D eigenvalue weighted by molar-refractivity contribution is -0.150. The van der Waals surface area contributed by atoms with Crippen LogP contribution in [0.2, 0.25) is 0 Å². The zero-order valence-corrected chi connectivity index (χ0v) is 14.3. The Morgan fingerprint density at radius 3 is 2.14 bits per heavy atom. The zero-order valence-electron chi connectivity index (χ0n) is 14.3. The third-order valence-corrected chi connectivity index (χ3v) is 3.18. The molecule has 21 heavy (non-hydrogen) atoms. The highest BCUT2D eigenvalue weighted by Gasteiger charge is 2.31. The van der Waals surface area contributed by atoms with Crippen molar-refractivity contribution in [1.82, 2.24) is 4.90 Å². The molecule has 1 atom stereocenters. The van der Waals surface area contributed by atoms with Crippen molar-refractivity contribution < 1.29 is 19.1 Å². The SMILES string of the molecule is CCCOC(=O)N(C)C(C(=O)OCCCC(C)C)C(C)C. The third kappa shape index (κ3) is 7.93. The second-order valence-corrected chi connectivity index (χ2v) is 6.12. The van der Waals surface area contributed by atoms with Crippen LogP contribution in [0.1, 0.15) is 53.9 Å². The van der Waals surface area contributed by atoms with Crippen LogP contribution in [0.3, 0.4) is 0 Å². The van der Waals surface area contributed by atoms with Crippen LogP contribution in [0.15, 0.2) is 0 Å². The van der Waals surface area contributed by atoms with E-state index in [1.807, 2.05) is 20.8 Å². The fraction of sp³-hybridized carbons (Fsp3) is 0.875. The first-order chi connectivity index (χ1) is 9.81. The monoisotopic (exact) mass is 301 g/mol. The Labute approximate surface area is 129 Å². The quantitative estimate of drug-likeness (QED) is 0.483. The number of esters is 1. The van der Waals surface area contributed by atoms with Gasteiger partial charge in [0, 0.05) is 7.05 Å². The number of carbonyl (C=O) groups is 2. The van der Waals surface area contributed by atoms with E-state index in [0.717, 1.165) is 19.3 Å². The number of amides is 1. The van der Waals surface area contributed by atoms with E-state index in [0.29, 0.717) is 19.1 Å². The van der Waals surface area contributed by atoms with Crippen LogP contribution in [0.4, 0.5) is 4.79 Å². The number of likely N-dealkylation sites (N-methyl/N-ethyl adjacent to an activating group) is 1. The van der Waals surface area contributed by atoms with Gasteiger partial charge in [-0.3, -0.25) is 4.90 Å². The maximum Gasteiger partial charge on any atom is 0.410 e. The molecule has 0 aliphatic heterocycles. The number of ether oxygens (including phenoxy) is 2. The number of carbonyl (C=O) groups excluding carboxylic acids is 2. The molecule has 124 valence electrons. The minimum absolute atomic E-state index is 0.0261. The molecule has 0 saturated heterocycles. The summed E-state index contributed by atoms with van der Waals surface area (Å²) in [4.78, 5) is 25.4. The Morgan fingerprint density at radius 2 is 1.67 bits per heavy atom. The molecule has 0 aromatic heterocycles. The molecule has 0 bridgehead atoms. The summed E-state index contributed by atoms with van der Waals surface area (Å²) in [5, 5.41) is 0. The van der Waals surface area contributed by atoms with Gasteiger partial charge in [0.2, 0.25) is 0 Å². The van der Waals surface area contributed by atoms with Gasteiger partial charge in [0.15, 0.2) is 0 Å². The van der Waals surface area contributed by atoms with Gasteiger partial charge in [-0.15, -0.1) is 0 Å². The maximum absolute atomic E-state index is 12.2. The Bertz CT molecular complexity index is 315. The summed E-state index contributed by atoms with van der Waals surface area (Å²) < 4.78 is 10.4. The van der Waals surface area contributed by atoms with Crippen molar-refractivity contribution in [3.05, 3.63) is 0 Å². The molecule has 0 N–H and O–H groups in total. The molecule has 0 aromatic rings. The van der Waals surface area contributed by atoms with E-state index in [-0.39, 0.29) is 11.9 Å². The van der Waals surface area contributed by atoms with Crippen LogP contribution in [-0.2, 0) is 14.3 Å². The largest absolute Gasteiger partial charge is 0.464 e. The predicted octanol–water partition coefficient (Wildman–Crippen LogP) is 3.47. The number of hydrogen-bond donors (Lipinski definition) is 0. The van der Waals surface area contributed by atoms with E-state index in [2.05, 4.69) is 13.8 Å². The number of nitrogens with zero attached hydrogens (tertiary/aromatic N) is 1. The molecule has 1 unspecified atom stereocenters. The fourth-order valence-corrected chi connectivity index (χ4v) is 2.03. The van der Waals surface area contributed by atoms with Crippen molar-refractivity contribution in [3.8, 4) is 0 Å². The van der Waals surface area contributed by atoms with Gasteiger partial charge in [0.05, 0.1) is 13.2 Å². The molecule has 0 aliphatic rings. The molecular formula is C16H31NO4. The van der Waals surface area contributed by atoms with Gasteiger partial charge in [-0.05, 0) is 31.1 Å². The van der Waals surface area contributed by atoms with Crippen molar-refractivity contribution >= 4 is 12.1 Å². The molecule has 0 aliphatic carbocycles. The van der Waals surface area contributed by atoms with Crippen molar-refractivity contribution in [2.45, 2.75) is 59.9 Å².